The molecule has 1 heterocycles. The highest BCUT2D eigenvalue weighted by Gasteiger charge is 2.20. The largest absolute Gasteiger partial charge is 0.464 e. The van der Waals surface area contributed by atoms with Crippen LogP contribution in [0.25, 0.3) is 0 Å². The number of carbonyl (C=O) groups excluding carboxylic acids is 1. The Balaban J connectivity index is 2.59. The minimum absolute atomic E-state index is 0.265. The molecule has 5 heteroatoms. The maximum Gasteiger partial charge on any atom is 0.342 e. The molecule has 0 fully saturated rings. The lowest BCUT2D eigenvalue weighted by Gasteiger charge is -2.05. The average molecular weight is 187 g/mol. The Bertz CT molecular complexity index is 247. The van der Waals surface area contributed by atoms with E-state index in [1.54, 1.807) is 12.3 Å². The fourth-order valence-electron chi connectivity index (χ4n) is 0.692. The summed E-state index contributed by atoms with van der Waals surface area (Å²) in [6.07, 6.45) is 0.299. The second kappa shape index (κ2) is 4.18. The average Bonchev–Trinajstić information content (AvgIpc) is 2.55. The van der Waals surface area contributed by atoms with Gasteiger partial charge >= 0.3 is 5.97 Å². The molecule has 12 heavy (non-hydrogen) atoms. The zero-order valence-electron chi connectivity index (χ0n) is 6.56. The second-order valence-electron chi connectivity index (χ2n) is 2.02. The molecule has 0 saturated heterocycles. The maximum absolute atomic E-state index is 10.9. The van der Waals surface area contributed by atoms with Crippen LogP contribution in [-0.4, -0.2) is 22.7 Å². The first-order valence-electron chi connectivity index (χ1n) is 3.49. The number of aromatic nitrogens is 1. The van der Waals surface area contributed by atoms with Crippen LogP contribution in [0.15, 0.2) is 11.6 Å². The predicted molar refractivity (Wildman–Crippen MR) is 43.7 cm³/mol. The number of esters is 1. The van der Waals surface area contributed by atoms with Gasteiger partial charge in [0, 0.05) is 11.6 Å². The van der Waals surface area contributed by atoms with Gasteiger partial charge in [-0.3, -0.25) is 0 Å². The summed E-state index contributed by atoms with van der Waals surface area (Å²) in [6.45, 7) is 1.95. The van der Waals surface area contributed by atoms with E-state index in [2.05, 4.69) is 9.72 Å². The Kier molecular flexibility index (Phi) is 3.19. The summed E-state index contributed by atoms with van der Waals surface area (Å²) in [4.78, 5) is 14.7. The van der Waals surface area contributed by atoms with Crippen molar-refractivity contribution < 1.29 is 14.6 Å². The van der Waals surface area contributed by atoms with E-state index in [1.807, 2.05) is 0 Å². The van der Waals surface area contributed by atoms with E-state index in [4.69, 9.17) is 0 Å². The summed E-state index contributed by atoms with van der Waals surface area (Å²) in [5.74, 6) is -0.646. The zero-order valence-corrected chi connectivity index (χ0v) is 7.37. The van der Waals surface area contributed by atoms with Crippen LogP contribution in [0, 0.1) is 0 Å². The van der Waals surface area contributed by atoms with Gasteiger partial charge < -0.3 is 9.84 Å². The number of carbonyl (C=O) groups is 1. The second-order valence-corrected chi connectivity index (χ2v) is 2.95. The molecule has 1 unspecified atom stereocenters. The standard InChI is InChI=1S/C7H9NO3S/c1-2-11-7(10)5(9)6-8-3-4-12-6/h3-5,9H,2H2,1H3. The number of hydrogen-bond donors (Lipinski definition) is 1. The fourth-order valence-corrected chi connectivity index (χ4v) is 1.30. The molecular weight excluding hydrogens is 178 g/mol. The van der Waals surface area contributed by atoms with Crippen LogP contribution < -0.4 is 0 Å². The van der Waals surface area contributed by atoms with Gasteiger partial charge in [-0.15, -0.1) is 11.3 Å². The van der Waals surface area contributed by atoms with Gasteiger partial charge in [0.15, 0.2) is 0 Å². The molecule has 1 rings (SSSR count). The Labute approximate surface area is 73.8 Å². The van der Waals surface area contributed by atoms with E-state index < -0.39 is 12.1 Å². The zero-order chi connectivity index (χ0) is 8.97. The summed E-state index contributed by atoms with van der Waals surface area (Å²) >= 11 is 1.22. The fraction of sp³-hybridized carbons (Fsp3) is 0.429. The van der Waals surface area contributed by atoms with E-state index in [9.17, 15) is 9.90 Å². The van der Waals surface area contributed by atoms with Crippen molar-refractivity contribution in [2.75, 3.05) is 6.61 Å². The summed E-state index contributed by atoms with van der Waals surface area (Å²) < 4.78 is 4.61. The molecule has 1 aromatic heterocycles. The van der Waals surface area contributed by atoms with E-state index >= 15 is 0 Å². The SMILES string of the molecule is CCOC(=O)C(O)c1nccs1. The van der Waals surface area contributed by atoms with Crippen LogP contribution in [0.1, 0.15) is 18.0 Å². The third kappa shape index (κ3) is 2.02. The van der Waals surface area contributed by atoms with Gasteiger partial charge in [-0.1, -0.05) is 0 Å². The molecule has 1 N–H and O–H groups in total. The van der Waals surface area contributed by atoms with Crippen LogP contribution in [0.2, 0.25) is 0 Å². The predicted octanol–water partition coefficient (Wildman–Crippen LogP) is 0.740. The van der Waals surface area contributed by atoms with Crippen molar-refractivity contribution in [3.63, 3.8) is 0 Å². The first-order chi connectivity index (χ1) is 5.75. The Morgan fingerprint density at radius 3 is 3.17 bits per heavy atom. The van der Waals surface area contributed by atoms with E-state index in [0.717, 1.165) is 0 Å². The number of ether oxygens (including phenoxy) is 1. The third-order valence-corrected chi connectivity index (χ3v) is 2.02. The number of rotatable bonds is 3. The quantitative estimate of drug-likeness (QED) is 0.709. The first kappa shape index (κ1) is 9.15. The molecule has 0 aliphatic carbocycles. The molecular formula is C7H9NO3S. The molecule has 66 valence electrons. The van der Waals surface area contributed by atoms with Crippen molar-refractivity contribution in [3.05, 3.63) is 16.6 Å². The lowest BCUT2D eigenvalue weighted by atomic mass is 10.4. The van der Waals surface area contributed by atoms with Crippen LogP contribution in [0.5, 0.6) is 0 Å². The summed E-state index contributed by atoms with van der Waals surface area (Å²) in [7, 11) is 0. The van der Waals surface area contributed by atoms with Crippen molar-refractivity contribution in [2.45, 2.75) is 13.0 Å². The Hall–Kier alpha value is -0.940. The monoisotopic (exact) mass is 187 g/mol. The number of nitrogens with zero attached hydrogens (tertiary/aromatic N) is 1. The lowest BCUT2D eigenvalue weighted by Crippen LogP contribution is -2.14. The van der Waals surface area contributed by atoms with Gasteiger partial charge in [0.05, 0.1) is 6.61 Å². The minimum Gasteiger partial charge on any atom is -0.464 e. The van der Waals surface area contributed by atoms with Gasteiger partial charge in [-0.25, -0.2) is 9.78 Å². The molecule has 0 aromatic carbocycles. The molecule has 1 atom stereocenters. The van der Waals surface area contributed by atoms with E-state index in [0.29, 0.717) is 5.01 Å². The molecule has 1 aromatic rings. The van der Waals surface area contributed by atoms with Crippen molar-refractivity contribution in [1.29, 1.82) is 0 Å². The molecule has 0 amide bonds. The minimum atomic E-state index is -1.23. The molecule has 0 radical (unpaired) electrons. The summed E-state index contributed by atoms with van der Waals surface area (Å²) in [6, 6.07) is 0. The lowest BCUT2D eigenvalue weighted by molar-refractivity contribution is -0.153. The van der Waals surface area contributed by atoms with Crippen molar-refractivity contribution >= 4 is 17.3 Å². The topological polar surface area (TPSA) is 59.4 Å². The van der Waals surface area contributed by atoms with Gasteiger partial charge in [-0.2, -0.15) is 0 Å². The summed E-state index contributed by atoms with van der Waals surface area (Å²) in [5.41, 5.74) is 0. The number of aliphatic hydroxyl groups is 1. The van der Waals surface area contributed by atoms with E-state index in [-0.39, 0.29) is 6.61 Å². The van der Waals surface area contributed by atoms with Crippen LogP contribution in [0.3, 0.4) is 0 Å². The molecule has 0 aliphatic rings. The van der Waals surface area contributed by atoms with E-state index in [1.165, 1.54) is 17.5 Å². The first-order valence-corrected chi connectivity index (χ1v) is 4.37. The number of thiazole rings is 1. The van der Waals surface area contributed by atoms with Crippen LogP contribution in [-0.2, 0) is 9.53 Å². The van der Waals surface area contributed by atoms with Crippen LogP contribution in [0.4, 0.5) is 0 Å². The van der Waals surface area contributed by atoms with Gasteiger partial charge in [0.2, 0.25) is 6.10 Å². The molecule has 0 aliphatic heterocycles. The van der Waals surface area contributed by atoms with Crippen LogP contribution >= 0.6 is 11.3 Å². The van der Waals surface area contributed by atoms with Crippen molar-refractivity contribution in [3.8, 4) is 0 Å². The van der Waals surface area contributed by atoms with Gasteiger partial charge in [0.25, 0.3) is 0 Å². The highest BCUT2D eigenvalue weighted by molar-refractivity contribution is 7.09. The maximum atomic E-state index is 10.9. The van der Waals surface area contributed by atoms with Gasteiger partial charge in [0.1, 0.15) is 5.01 Å². The molecule has 0 saturated carbocycles. The highest BCUT2D eigenvalue weighted by Crippen LogP contribution is 2.16. The van der Waals surface area contributed by atoms with Crippen molar-refractivity contribution in [2.24, 2.45) is 0 Å². The Morgan fingerprint density at radius 1 is 1.92 bits per heavy atom. The third-order valence-electron chi connectivity index (χ3n) is 1.20. The normalized spacial score (nSPS) is 12.5. The summed E-state index contributed by atoms with van der Waals surface area (Å²) in [5, 5.41) is 11.3. The molecule has 0 bridgehead atoms. The number of aliphatic hydroxyl groups excluding tert-OH is 1. The number of hydrogen-bond acceptors (Lipinski definition) is 5. The van der Waals surface area contributed by atoms with Crippen molar-refractivity contribution in [1.82, 2.24) is 4.98 Å². The Morgan fingerprint density at radius 2 is 2.67 bits per heavy atom. The molecule has 0 spiro atoms. The smallest absolute Gasteiger partial charge is 0.342 e. The highest BCUT2D eigenvalue weighted by atomic mass is 32.1. The van der Waals surface area contributed by atoms with Gasteiger partial charge in [-0.05, 0) is 6.92 Å². The molecule has 4 nitrogen and oxygen atoms in total.